The van der Waals surface area contributed by atoms with Crippen LogP contribution in [0.4, 0.5) is 0 Å². The van der Waals surface area contributed by atoms with E-state index < -0.39 is 0 Å². The Kier molecular flexibility index (Phi) is 8.83. The van der Waals surface area contributed by atoms with Crippen molar-refractivity contribution in [3.63, 3.8) is 0 Å². The molecule has 0 saturated heterocycles. The first-order valence-electron chi connectivity index (χ1n) is 2.90. The second-order valence-corrected chi connectivity index (χ2v) is 16.6. The molecule has 1 rings (SSSR count). The predicted octanol–water partition coefficient (Wildman–Crippen LogP) is 4.32. The van der Waals surface area contributed by atoms with E-state index in [0.29, 0.717) is 0 Å². The van der Waals surface area contributed by atoms with Crippen LogP contribution >= 0.6 is 43.2 Å². The maximum absolute atomic E-state index is 3.77. The summed E-state index contributed by atoms with van der Waals surface area (Å²) in [6, 6.07) is 7.87. The van der Waals surface area contributed by atoms with Crippen molar-refractivity contribution in [1.29, 1.82) is 0 Å². The molecule has 0 N–H and O–H groups in total. The quantitative estimate of drug-likeness (QED) is 0.574. The maximum atomic E-state index is 3.77. The summed E-state index contributed by atoms with van der Waals surface area (Å²) in [6.45, 7) is 3.77. The molecule has 0 spiro atoms. The fourth-order valence-electron chi connectivity index (χ4n) is 0.498. The molecule has 0 aliphatic heterocycles. The Morgan fingerprint density at radius 1 is 1.18 bits per heavy atom. The van der Waals surface area contributed by atoms with Crippen molar-refractivity contribution in [3.8, 4) is 0 Å². The monoisotopic (exact) mass is 391 g/mol. The normalized spacial score (nSPS) is 7.64. The van der Waals surface area contributed by atoms with Crippen molar-refractivity contribution in [2.45, 2.75) is 0 Å². The van der Waals surface area contributed by atoms with E-state index in [9.17, 15) is 0 Å². The van der Waals surface area contributed by atoms with Gasteiger partial charge in [-0.05, 0) is 18.6 Å². The van der Waals surface area contributed by atoms with Crippen LogP contribution in [-0.4, -0.2) is 0 Å². The topological polar surface area (TPSA) is 0 Å². The van der Waals surface area contributed by atoms with Crippen molar-refractivity contribution in [3.05, 3.63) is 41.2 Å². The SMILES string of the molecule is [Br][Zn][Br].[CH2]c1ccccc1Br. The Morgan fingerprint density at radius 2 is 1.64 bits per heavy atom. The molecule has 0 aliphatic rings. The van der Waals surface area contributed by atoms with E-state index in [0.717, 1.165) is 10.0 Å². The van der Waals surface area contributed by atoms with Crippen LogP contribution in [0.1, 0.15) is 5.56 Å². The van der Waals surface area contributed by atoms with Crippen LogP contribution in [0, 0.1) is 6.92 Å². The van der Waals surface area contributed by atoms with Crippen LogP contribution in [0.2, 0.25) is 0 Å². The summed E-state index contributed by atoms with van der Waals surface area (Å²) >= 11 is 9.58. The van der Waals surface area contributed by atoms with Gasteiger partial charge in [0.15, 0.2) is 0 Å². The van der Waals surface area contributed by atoms with Crippen molar-refractivity contribution >= 4 is 43.2 Å². The standard InChI is InChI=1S/C7H6Br.2BrH.Zn/c1-6-4-2-3-5-7(6)8;;;/h2-5H,1H2;2*1H;/q;;;+2/p-2. The van der Waals surface area contributed by atoms with Crippen LogP contribution in [0.5, 0.6) is 0 Å². The average Bonchev–Trinajstić information content (AvgIpc) is 1.97. The first-order chi connectivity index (χ1) is 5.22. The molecule has 1 radical (unpaired) electrons. The summed E-state index contributed by atoms with van der Waals surface area (Å²) < 4.78 is 1.07. The Labute approximate surface area is 96.6 Å². The molecular weight excluding hydrogens is 389 g/mol. The third-order valence-electron chi connectivity index (χ3n) is 0.958. The van der Waals surface area contributed by atoms with Crippen LogP contribution in [-0.2, 0) is 13.2 Å². The average molecular weight is 395 g/mol. The summed E-state index contributed by atoms with van der Waals surface area (Å²) in [6.07, 6.45) is 0. The van der Waals surface area contributed by atoms with E-state index in [1.165, 1.54) is 0 Å². The number of benzene rings is 1. The minimum absolute atomic E-state index is 0.250. The maximum Gasteiger partial charge on any atom is 0.0207 e. The van der Waals surface area contributed by atoms with E-state index in [-0.39, 0.29) is 13.2 Å². The van der Waals surface area contributed by atoms with Gasteiger partial charge in [-0.15, -0.1) is 0 Å². The zero-order chi connectivity index (χ0) is 8.69. The van der Waals surface area contributed by atoms with Gasteiger partial charge in [0.2, 0.25) is 0 Å². The van der Waals surface area contributed by atoms with E-state index in [1.807, 2.05) is 24.3 Å². The van der Waals surface area contributed by atoms with E-state index in [4.69, 9.17) is 0 Å². The van der Waals surface area contributed by atoms with Crippen molar-refractivity contribution in [1.82, 2.24) is 0 Å². The number of rotatable bonds is 0. The van der Waals surface area contributed by atoms with Gasteiger partial charge in [-0.3, -0.25) is 0 Å². The molecule has 0 fully saturated rings. The molecule has 0 amide bonds. The fourth-order valence-corrected chi connectivity index (χ4v) is 0.783. The zero-order valence-corrected chi connectivity index (χ0v) is 13.6. The van der Waals surface area contributed by atoms with Gasteiger partial charge in [-0.1, -0.05) is 34.1 Å². The fraction of sp³-hybridized carbons (Fsp3) is 0. The Balaban J connectivity index is 0.000000292. The van der Waals surface area contributed by atoms with Gasteiger partial charge in [0.25, 0.3) is 0 Å². The predicted molar refractivity (Wildman–Crippen MR) is 56.5 cm³/mol. The Morgan fingerprint density at radius 3 is 1.91 bits per heavy atom. The second kappa shape index (κ2) is 7.91. The molecule has 0 heterocycles. The number of hydrogen-bond acceptors (Lipinski definition) is 0. The molecule has 1 aromatic rings. The van der Waals surface area contributed by atoms with Gasteiger partial charge < -0.3 is 0 Å². The summed E-state index contributed by atoms with van der Waals surface area (Å²) in [5.41, 5.74) is 1.03. The van der Waals surface area contributed by atoms with Gasteiger partial charge in [0.1, 0.15) is 0 Å². The van der Waals surface area contributed by atoms with Gasteiger partial charge in [-0.25, -0.2) is 0 Å². The van der Waals surface area contributed by atoms with Crippen molar-refractivity contribution in [2.24, 2.45) is 0 Å². The van der Waals surface area contributed by atoms with Gasteiger partial charge in [0, 0.05) is 4.47 Å². The molecular formula is C7H6Br3Zn. The Bertz CT molecular complexity index is 182. The van der Waals surface area contributed by atoms with E-state index >= 15 is 0 Å². The molecule has 0 unspecified atom stereocenters. The first-order valence-corrected chi connectivity index (χ1v) is 17.6. The summed E-state index contributed by atoms with van der Waals surface area (Å²) in [5.74, 6) is 0. The molecule has 11 heavy (non-hydrogen) atoms. The van der Waals surface area contributed by atoms with Gasteiger partial charge in [-0.2, -0.15) is 0 Å². The third-order valence-corrected chi connectivity index (χ3v) is 1.73. The summed E-state index contributed by atoms with van der Waals surface area (Å²) in [5, 5.41) is 0. The molecule has 0 bridgehead atoms. The molecule has 0 atom stereocenters. The molecule has 0 aliphatic carbocycles. The molecule has 0 saturated carbocycles. The first kappa shape index (κ1) is 12.3. The Hall–Kier alpha value is 1.28. The summed E-state index contributed by atoms with van der Waals surface area (Å²) in [7, 11) is 0. The van der Waals surface area contributed by atoms with Gasteiger partial charge in [0.05, 0.1) is 0 Å². The van der Waals surface area contributed by atoms with E-state index in [2.05, 4.69) is 50.1 Å². The molecule has 0 aromatic heterocycles. The molecule has 57 valence electrons. The zero-order valence-electron chi connectivity index (χ0n) is 5.86. The molecule has 4 heteroatoms. The largest absolute Gasteiger partial charge is 0.0619 e. The minimum Gasteiger partial charge on any atom is -0.0619 e. The van der Waals surface area contributed by atoms with Crippen molar-refractivity contribution in [2.75, 3.05) is 0 Å². The van der Waals surface area contributed by atoms with Crippen molar-refractivity contribution < 1.29 is 13.2 Å². The minimum atomic E-state index is -0.250. The number of hydrogen-bond donors (Lipinski definition) is 0. The van der Waals surface area contributed by atoms with Gasteiger partial charge >= 0.3 is 40.5 Å². The van der Waals surface area contributed by atoms with Crippen LogP contribution in [0.3, 0.4) is 0 Å². The molecule has 1 aromatic carbocycles. The number of halogens is 3. The van der Waals surface area contributed by atoms with Crippen LogP contribution in [0.25, 0.3) is 0 Å². The summed E-state index contributed by atoms with van der Waals surface area (Å²) in [4.78, 5) is 0. The van der Waals surface area contributed by atoms with Crippen LogP contribution < -0.4 is 0 Å². The second-order valence-electron chi connectivity index (χ2n) is 1.69. The smallest absolute Gasteiger partial charge is 0.0207 e. The van der Waals surface area contributed by atoms with E-state index in [1.54, 1.807) is 0 Å². The third kappa shape index (κ3) is 6.44. The van der Waals surface area contributed by atoms with Crippen LogP contribution in [0.15, 0.2) is 28.7 Å². The molecule has 0 nitrogen and oxygen atoms in total.